The van der Waals surface area contributed by atoms with Crippen LogP contribution in [0.4, 0.5) is 5.69 Å². The molecular weight excluding hydrogens is 268 g/mol. The number of carbonyl (C=O) groups is 1. The van der Waals surface area contributed by atoms with E-state index in [1.807, 2.05) is 0 Å². The predicted octanol–water partition coefficient (Wildman–Crippen LogP) is 1.37. The van der Waals surface area contributed by atoms with Gasteiger partial charge in [0.15, 0.2) is 0 Å². The number of rotatable bonds is 7. The van der Waals surface area contributed by atoms with Crippen molar-refractivity contribution in [1.82, 2.24) is 15.1 Å². The third-order valence-corrected chi connectivity index (χ3v) is 3.68. The van der Waals surface area contributed by atoms with E-state index in [2.05, 4.69) is 29.6 Å². The molecule has 0 radical (unpaired) electrons. The highest BCUT2D eigenvalue weighted by atomic mass is 16.2. The predicted molar refractivity (Wildman–Crippen MR) is 82.2 cm³/mol. The smallest absolute Gasteiger partial charge is 0.269 e. The normalized spacial score (nSPS) is 14.8. The summed E-state index contributed by atoms with van der Waals surface area (Å²) in [6.45, 7) is 4.81. The lowest BCUT2D eigenvalue weighted by molar-refractivity contribution is -0.121. The molecule has 1 saturated carbocycles. The maximum absolute atomic E-state index is 11.9. The van der Waals surface area contributed by atoms with Gasteiger partial charge in [-0.1, -0.05) is 13.8 Å². The average molecular weight is 292 g/mol. The van der Waals surface area contributed by atoms with Gasteiger partial charge < -0.3 is 10.6 Å². The second kappa shape index (κ2) is 7.24. The van der Waals surface area contributed by atoms with Crippen LogP contribution in [0.3, 0.4) is 0 Å². The van der Waals surface area contributed by atoms with Crippen molar-refractivity contribution in [3.8, 4) is 0 Å². The standard InChI is InChI=1S/C15H24N4O2/c1-11(2)6-7-16-14(20)10-19-15(21)8-13(9-17-19)18-12-4-3-5-12/h8-9,11-12,18H,3-7,10H2,1-2H3,(H,16,20). The highest BCUT2D eigenvalue weighted by molar-refractivity contribution is 5.75. The van der Waals surface area contributed by atoms with E-state index < -0.39 is 0 Å². The molecule has 2 N–H and O–H groups in total. The molecule has 2 rings (SSSR count). The van der Waals surface area contributed by atoms with Crippen LogP contribution in [-0.2, 0) is 11.3 Å². The Kier molecular flexibility index (Phi) is 5.36. The first-order valence-electron chi connectivity index (χ1n) is 7.65. The van der Waals surface area contributed by atoms with Gasteiger partial charge in [0.2, 0.25) is 5.91 Å². The Balaban J connectivity index is 1.85. The van der Waals surface area contributed by atoms with Gasteiger partial charge in [0, 0.05) is 18.7 Å². The highest BCUT2D eigenvalue weighted by Crippen LogP contribution is 2.21. The topological polar surface area (TPSA) is 76.0 Å². The van der Waals surface area contributed by atoms with Gasteiger partial charge in [0.05, 0.1) is 11.9 Å². The van der Waals surface area contributed by atoms with Crippen LogP contribution >= 0.6 is 0 Å². The minimum absolute atomic E-state index is 0.0271. The zero-order valence-corrected chi connectivity index (χ0v) is 12.8. The molecule has 1 aromatic heterocycles. The maximum Gasteiger partial charge on any atom is 0.269 e. The number of nitrogens with zero attached hydrogens (tertiary/aromatic N) is 2. The van der Waals surface area contributed by atoms with Crippen LogP contribution < -0.4 is 16.2 Å². The molecular formula is C15H24N4O2. The lowest BCUT2D eigenvalue weighted by atomic mass is 9.93. The number of carbonyl (C=O) groups excluding carboxylic acids is 1. The van der Waals surface area contributed by atoms with Crippen molar-refractivity contribution in [3.05, 3.63) is 22.6 Å². The lowest BCUT2D eigenvalue weighted by Crippen LogP contribution is -2.34. The zero-order chi connectivity index (χ0) is 15.2. The van der Waals surface area contributed by atoms with Crippen LogP contribution in [0.15, 0.2) is 17.1 Å². The molecule has 1 amide bonds. The number of anilines is 1. The Morgan fingerprint density at radius 3 is 2.81 bits per heavy atom. The zero-order valence-electron chi connectivity index (χ0n) is 12.8. The van der Waals surface area contributed by atoms with Crippen LogP contribution in [0.25, 0.3) is 0 Å². The van der Waals surface area contributed by atoms with Crippen LogP contribution in [-0.4, -0.2) is 28.3 Å². The van der Waals surface area contributed by atoms with Crippen molar-refractivity contribution in [3.63, 3.8) is 0 Å². The number of hydrogen-bond donors (Lipinski definition) is 2. The van der Waals surface area contributed by atoms with Gasteiger partial charge in [-0.25, -0.2) is 4.68 Å². The van der Waals surface area contributed by atoms with Crippen molar-refractivity contribution in [2.24, 2.45) is 5.92 Å². The summed E-state index contributed by atoms with van der Waals surface area (Å²) in [4.78, 5) is 23.7. The molecule has 21 heavy (non-hydrogen) atoms. The fraction of sp³-hybridized carbons (Fsp3) is 0.667. The molecule has 1 aliphatic carbocycles. The molecule has 0 aromatic carbocycles. The van der Waals surface area contributed by atoms with Crippen LogP contribution in [0.2, 0.25) is 0 Å². The van der Waals surface area contributed by atoms with E-state index >= 15 is 0 Å². The number of hydrogen-bond acceptors (Lipinski definition) is 4. The Morgan fingerprint density at radius 2 is 2.24 bits per heavy atom. The van der Waals surface area contributed by atoms with Crippen molar-refractivity contribution >= 4 is 11.6 Å². The lowest BCUT2D eigenvalue weighted by Gasteiger charge is -2.27. The van der Waals surface area contributed by atoms with Gasteiger partial charge in [-0.2, -0.15) is 5.10 Å². The van der Waals surface area contributed by atoms with E-state index in [1.165, 1.54) is 17.2 Å². The Morgan fingerprint density at radius 1 is 1.48 bits per heavy atom. The monoisotopic (exact) mass is 292 g/mol. The molecule has 116 valence electrons. The van der Waals surface area contributed by atoms with Gasteiger partial charge >= 0.3 is 0 Å². The summed E-state index contributed by atoms with van der Waals surface area (Å²) in [6, 6.07) is 1.97. The van der Waals surface area contributed by atoms with Crippen molar-refractivity contribution in [2.75, 3.05) is 11.9 Å². The second-order valence-electron chi connectivity index (χ2n) is 6.04. The van der Waals surface area contributed by atoms with E-state index in [4.69, 9.17) is 0 Å². The van der Waals surface area contributed by atoms with Crippen LogP contribution in [0.5, 0.6) is 0 Å². The van der Waals surface area contributed by atoms with E-state index in [9.17, 15) is 9.59 Å². The minimum atomic E-state index is -0.252. The SMILES string of the molecule is CC(C)CCNC(=O)Cn1ncc(NC2CCC2)cc1=O. The third-order valence-electron chi connectivity index (χ3n) is 3.68. The second-order valence-corrected chi connectivity index (χ2v) is 6.04. The number of nitrogens with one attached hydrogen (secondary N) is 2. The molecule has 0 aliphatic heterocycles. The molecule has 0 saturated heterocycles. The van der Waals surface area contributed by atoms with Crippen LogP contribution in [0, 0.1) is 5.92 Å². The third kappa shape index (κ3) is 4.88. The first-order valence-corrected chi connectivity index (χ1v) is 7.65. The molecule has 1 fully saturated rings. The molecule has 0 unspecified atom stereocenters. The molecule has 0 atom stereocenters. The highest BCUT2D eigenvalue weighted by Gasteiger charge is 2.17. The summed E-state index contributed by atoms with van der Waals surface area (Å²) in [6.07, 6.45) is 6.06. The van der Waals surface area contributed by atoms with Crippen molar-refractivity contribution < 1.29 is 4.79 Å². The summed E-state index contributed by atoms with van der Waals surface area (Å²) in [7, 11) is 0. The summed E-state index contributed by atoms with van der Waals surface area (Å²) in [5, 5.41) is 10.1. The molecule has 6 nitrogen and oxygen atoms in total. The van der Waals surface area contributed by atoms with E-state index in [0.717, 1.165) is 24.9 Å². The maximum atomic E-state index is 11.9. The largest absolute Gasteiger partial charge is 0.381 e. The first-order chi connectivity index (χ1) is 10.0. The summed E-state index contributed by atoms with van der Waals surface area (Å²) < 4.78 is 1.19. The van der Waals surface area contributed by atoms with E-state index in [0.29, 0.717) is 18.5 Å². The fourth-order valence-electron chi connectivity index (χ4n) is 2.11. The number of amides is 1. The Labute approximate surface area is 124 Å². The molecule has 6 heteroatoms. The quantitative estimate of drug-likeness (QED) is 0.796. The minimum Gasteiger partial charge on any atom is -0.381 e. The van der Waals surface area contributed by atoms with E-state index in [-0.39, 0.29) is 18.0 Å². The molecule has 0 bridgehead atoms. The molecule has 1 heterocycles. The van der Waals surface area contributed by atoms with Gasteiger partial charge in [0.1, 0.15) is 6.54 Å². The van der Waals surface area contributed by atoms with E-state index in [1.54, 1.807) is 6.20 Å². The van der Waals surface area contributed by atoms with Gasteiger partial charge in [-0.3, -0.25) is 9.59 Å². The Hall–Kier alpha value is -1.85. The first kappa shape index (κ1) is 15.5. The number of aromatic nitrogens is 2. The van der Waals surface area contributed by atoms with Gasteiger partial charge in [-0.05, 0) is 31.6 Å². The van der Waals surface area contributed by atoms with Gasteiger partial charge in [0.25, 0.3) is 5.56 Å². The summed E-state index contributed by atoms with van der Waals surface area (Å²) in [5.74, 6) is 0.368. The summed E-state index contributed by atoms with van der Waals surface area (Å²) in [5.41, 5.74) is 0.486. The fourth-order valence-corrected chi connectivity index (χ4v) is 2.11. The molecule has 0 spiro atoms. The van der Waals surface area contributed by atoms with Crippen LogP contribution in [0.1, 0.15) is 39.5 Å². The molecule has 1 aliphatic rings. The van der Waals surface area contributed by atoms with Crippen molar-refractivity contribution in [2.45, 2.75) is 52.1 Å². The Bertz CT molecular complexity index is 535. The van der Waals surface area contributed by atoms with Gasteiger partial charge in [-0.15, -0.1) is 0 Å². The average Bonchev–Trinajstić information content (AvgIpc) is 2.36. The van der Waals surface area contributed by atoms with Crippen molar-refractivity contribution in [1.29, 1.82) is 0 Å². The molecule has 1 aromatic rings. The summed E-state index contributed by atoms with van der Waals surface area (Å²) >= 11 is 0.